The number of ether oxygens (including phenoxy) is 1. The summed E-state index contributed by atoms with van der Waals surface area (Å²) in [4.78, 5) is 31.1. The number of nitrogens with zero attached hydrogens (tertiary/aromatic N) is 2. The lowest BCUT2D eigenvalue weighted by molar-refractivity contribution is -0.140. The van der Waals surface area contributed by atoms with Crippen molar-refractivity contribution in [3.63, 3.8) is 0 Å². The lowest BCUT2D eigenvalue weighted by Crippen LogP contribution is -2.55. The number of carboxylic acid groups (broad SMARTS) is 1. The molecular formula is C27H41N3O4. The van der Waals surface area contributed by atoms with Crippen LogP contribution in [0.4, 0.5) is 4.79 Å². The molecule has 7 heteroatoms. The van der Waals surface area contributed by atoms with Gasteiger partial charge in [0.2, 0.25) is 0 Å². The maximum absolute atomic E-state index is 12.7. The number of likely N-dealkylation sites (tertiary alicyclic amines) is 1. The van der Waals surface area contributed by atoms with Gasteiger partial charge in [-0.3, -0.25) is 4.98 Å². The van der Waals surface area contributed by atoms with E-state index in [9.17, 15) is 14.7 Å². The number of pyridine rings is 1. The normalized spacial score (nSPS) is 27.4. The summed E-state index contributed by atoms with van der Waals surface area (Å²) in [7, 11) is 0. The largest absolute Gasteiger partial charge is 0.480 e. The second-order valence-electron chi connectivity index (χ2n) is 10.6. The molecule has 2 amide bonds. The summed E-state index contributed by atoms with van der Waals surface area (Å²) < 4.78 is 5.94. The number of aliphatic carboxylic acids is 1. The Kier molecular flexibility index (Phi) is 8.46. The van der Waals surface area contributed by atoms with Crippen molar-refractivity contribution in [2.75, 3.05) is 6.61 Å². The van der Waals surface area contributed by atoms with Crippen molar-refractivity contribution >= 4 is 12.0 Å². The van der Waals surface area contributed by atoms with Crippen LogP contribution in [0.5, 0.6) is 0 Å². The van der Waals surface area contributed by atoms with Gasteiger partial charge < -0.3 is 20.1 Å². The molecule has 0 unspecified atom stereocenters. The van der Waals surface area contributed by atoms with Gasteiger partial charge in [-0.15, -0.1) is 0 Å². The summed E-state index contributed by atoms with van der Waals surface area (Å²) in [5, 5.41) is 12.3. The Hall–Kier alpha value is -2.15. The average molecular weight is 472 g/mol. The van der Waals surface area contributed by atoms with Crippen molar-refractivity contribution in [3.8, 4) is 0 Å². The molecule has 3 atom stereocenters. The first-order valence-corrected chi connectivity index (χ1v) is 13.3. The van der Waals surface area contributed by atoms with Gasteiger partial charge in [0.05, 0.1) is 6.10 Å². The highest BCUT2D eigenvalue weighted by Crippen LogP contribution is 2.34. The van der Waals surface area contributed by atoms with Crippen molar-refractivity contribution < 1.29 is 19.4 Å². The van der Waals surface area contributed by atoms with Crippen LogP contribution >= 0.6 is 0 Å². The molecule has 7 nitrogen and oxygen atoms in total. The molecule has 1 aliphatic heterocycles. The Morgan fingerprint density at radius 1 is 1.15 bits per heavy atom. The molecule has 188 valence electrons. The van der Waals surface area contributed by atoms with E-state index in [4.69, 9.17) is 9.72 Å². The van der Waals surface area contributed by atoms with Crippen molar-refractivity contribution in [3.05, 3.63) is 29.1 Å². The Morgan fingerprint density at radius 3 is 2.62 bits per heavy atom. The van der Waals surface area contributed by atoms with Gasteiger partial charge in [-0.2, -0.15) is 0 Å². The number of piperidine rings is 1. The molecule has 0 bridgehead atoms. The number of aryl methyl sites for hydroxylation is 3. The van der Waals surface area contributed by atoms with Gasteiger partial charge in [-0.25, -0.2) is 9.59 Å². The smallest absolute Gasteiger partial charge is 0.326 e. The topological polar surface area (TPSA) is 91.8 Å². The molecular weight excluding hydrogens is 430 g/mol. The quantitative estimate of drug-likeness (QED) is 0.553. The number of rotatable bonds is 9. The third-order valence-corrected chi connectivity index (χ3v) is 8.02. The average Bonchev–Trinajstić information content (AvgIpc) is 2.78. The minimum atomic E-state index is -1.00. The van der Waals surface area contributed by atoms with Gasteiger partial charge in [-0.1, -0.05) is 6.07 Å². The Balaban J connectivity index is 1.14. The van der Waals surface area contributed by atoms with Gasteiger partial charge in [0.25, 0.3) is 0 Å². The van der Waals surface area contributed by atoms with E-state index in [1.54, 1.807) is 4.90 Å². The zero-order valence-corrected chi connectivity index (χ0v) is 20.8. The molecule has 4 rings (SSSR count). The van der Waals surface area contributed by atoms with Crippen LogP contribution in [0.25, 0.3) is 0 Å². The number of hydrogen-bond acceptors (Lipinski definition) is 4. The number of carboxylic acids is 1. The van der Waals surface area contributed by atoms with Crippen molar-refractivity contribution in [2.45, 2.75) is 115 Å². The van der Waals surface area contributed by atoms with E-state index >= 15 is 0 Å². The fraction of sp³-hybridized carbons (Fsp3) is 0.741. The SMILES string of the molecule is C[C@@H]1CCC[C@H](C)N1C(=O)N[C@@H](CCOC1CC(CCc2ccc3c(n2)CCCC3)C1)C(=O)O. The summed E-state index contributed by atoms with van der Waals surface area (Å²) >= 11 is 0. The lowest BCUT2D eigenvalue weighted by Gasteiger charge is -2.39. The predicted octanol–water partition coefficient (Wildman–Crippen LogP) is 4.50. The molecule has 2 aliphatic carbocycles. The lowest BCUT2D eigenvalue weighted by atomic mass is 9.79. The zero-order valence-electron chi connectivity index (χ0n) is 20.8. The van der Waals surface area contributed by atoms with Crippen LogP contribution in [0.15, 0.2) is 12.1 Å². The van der Waals surface area contributed by atoms with Crippen LogP contribution in [0, 0.1) is 5.92 Å². The standard InChI is InChI=1S/C27H41N3O4/c1-18-6-5-7-19(2)30(18)27(33)29-25(26(31)32)14-15-34-23-16-20(17-23)10-12-22-13-11-21-8-3-4-9-24(21)28-22/h11,13,18-20,23,25H,3-10,12,14-17H2,1-2H3,(H,29,33)(H,31,32)/t18-,19+,20?,23?,25-/m0/s1. The van der Waals surface area contributed by atoms with Crippen LogP contribution in [-0.2, 0) is 28.8 Å². The number of carbonyl (C=O) groups is 2. The highest BCUT2D eigenvalue weighted by atomic mass is 16.5. The number of fused-ring (bicyclic) bond motifs is 1. The van der Waals surface area contributed by atoms with Crippen LogP contribution < -0.4 is 5.32 Å². The molecule has 3 aliphatic rings. The molecule has 1 saturated carbocycles. The molecule has 0 spiro atoms. The number of amides is 2. The monoisotopic (exact) mass is 471 g/mol. The van der Waals surface area contributed by atoms with E-state index in [0.29, 0.717) is 12.5 Å². The second-order valence-corrected chi connectivity index (χ2v) is 10.6. The fourth-order valence-electron chi connectivity index (χ4n) is 5.82. The predicted molar refractivity (Wildman–Crippen MR) is 131 cm³/mol. The van der Waals surface area contributed by atoms with Crippen LogP contribution in [0.1, 0.15) is 88.6 Å². The van der Waals surface area contributed by atoms with E-state index in [0.717, 1.165) is 51.4 Å². The fourth-order valence-corrected chi connectivity index (χ4v) is 5.82. The summed E-state index contributed by atoms with van der Waals surface area (Å²) in [5.41, 5.74) is 3.95. The van der Waals surface area contributed by atoms with Gasteiger partial charge >= 0.3 is 12.0 Å². The minimum Gasteiger partial charge on any atom is -0.480 e. The van der Waals surface area contributed by atoms with E-state index < -0.39 is 12.0 Å². The first-order valence-electron chi connectivity index (χ1n) is 13.3. The summed E-state index contributed by atoms with van der Waals surface area (Å²) in [6.45, 7) is 4.41. The maximum Gasteiger partial charge on any atom is 0.326 e. The third kappa shape index (κ3) is 6.29. The second kappa shape index (κ2) is 11.5. The summed E-state index contributed by atoms with van der Waals surface area (Å²) in [6, 6.07) is 3.55. The maximum atomic E-state index is 12.7. The minimum absolute atomic E-state index is 0.137. The first kappa shape index (κ1) is 25.0. The number of nitrogens with one attached hydrogen (secondary N) is 1. The first-order chi connectivity index (χ1) is 16.4. The van der Waals surface area contributed by atoms with Gasteiger partial charge in [0, 0.05) is 36.5 Å². The number of aromatic nitrogens is 1. The molecule has 2 heterocycles. The van der Waals surface area contributed by atoms with Crippen LogP contribution in [0.2, 0.25) is 0 Å². The molecule has 0 aromatic carbocycles. The molecule has 34 heavy (non-hydrogen) atoms. The molecule has 1 saturated heterocycles. The Morgan fingerprint density at radius 2 is 1.88 bits per heavy atom. The van der Waals surface area contributed by atoms with Gasteiger partial charge in [0.1, 0.15) is 6.04 Å². The third-order valence-electron chi connectivity index (χ3n) is 8.02. The Bertz CT molecular complexity index is 844. The van der Waals surface area contributed by atoms with Crippen molar-refractivity contribution in [2.24, 2.45) is 5.92 Å². The van der Waals surface area contributed by atoms with Gasteiger partial charge in [-0.05, 0) is 102 Å². The molecule has 2 fully saturated rings. The zero-order chi connectivity index (χ0) is 24.1. The van der Waals surface area contributed by atoms with Crippen molar-refractivity contribution in [1.29, 1.82) is 0 Å². The molecule has 2 N–H and O–H groups in total. The van der Waals surface area contributed by atoms with E-state index in [1.807, 2.05) is 13.8 Å². The van der Waals surface area contributed by atoms with Gasteiger partial charge in [0.15, 0.2) is 0 Å². The number of hydrogen-bond donors (Lipinski definition) is 2. The molecule has 0 radical (unpaired) electrons. The van der Waals surface area contributed by atoms with Crippen molar-refractivity contribution in [1.82, 2.24) is 15.2 Å². The van der Waals surface area contributed by atoms with E-state index in [2.05, 4.69) is 17.4 Å². The van der Waals surface area contributed by atoms with Crippen LogP contribution in [0.3, 0.4) is 0 Å². The highest BCUT2D eigenvalue weighted by molar-refractivity contribution is 5.82. The summed E-state index contributed by atoms with van der Waals surface area (Å²) in [6.07, 6.45) is 12.6. The number of urea groups is 1. The highest BCUT2D eigenvalue weighted by Gasteiger charge is 2.33. The summed E-state index contributed by atoms with van der Waals surface area (Å²) in [5.74, 6) is -0.349. The number of carbonyl (C=O) groups excluding carboxylic acids is 1. The van der Waals surface area contributed by atoms with E-state index in [-0.39, 0.29) is 30.6 Å². The molecule has 1 aromatic heterocycles. The van der Waals surface area contributed by atoms with Crippen LogP contribution in [-0.4, -0.2) is 57.8 Å². The Labute approximate surface area is 203 Å². The molecule has 1 aromatic rings. The van der Waals surface area contributed by atoms with E-state index in [1.165, 1.54) is 36.2 Å².